The summed E-state index contributed by atoms with van der Waals surface area (Å²) in [6.45, 7) is 4.33. The molecule has 0 aliphatic rings. The Morgan fingerprint density at radius 2 is 1.95 bits per heavy atom. The third-order valence-corrected chi connectivity index (χ3v) is 3.09. The van der Waals surface area contributed by atoms with Crippen LogP contribution in [0, 0.1) is 0 Å². The van der Waals surface area contributed by atoms with Crippen molar-refractivity contribution in [3.63, 3.8) is 0 Å². The largest absolute Gasteiger partial charge is 0.494 e. The van der Waals surface area contributed by atoms with Crippen molar-refractivity contribution < 1.29 is 14.3 Å². The Morgan fingerprint density at radius 3 is 2.47 bits per heavy atom. The van der Waals surface area contributed by atoms with Crippen molar-refractivity contribution in [1.29, 1.82) is 0 Å². The Balaban J connectivity index is 2.32. The molecule has 1 aromatic rings. The van der Waals surface area contributed by atoms with Gasteiger partial charge in [-0.1, -0.05) is 19.1 Å². The van der Waals surface area contributed by atoms with Crippen LogP contribution in [0.5, 0.6) is 5.75 Å². The van der Waals surface area contributed by atoms with Crippen molar-refractivity contribution in [1.82, 2.24) is 0 Å². The minimum absolute atomic E-state index is 0.389. The molecule has 1 aromatic carbocycles. The zero-order valence-electron chi connectivity index (χ0n) is 11.9. The Labute approximate surface area is 114 Å². The van der Waals surface area contributed by atoms with Crippen LogP contribution in [-0.2, 0) is 16.0 Å². The van der Waals surface area contributed by atoms with Crippen LogP contribution in [0.1, 0.15) is 32.3 Å². The molecule has 0 radical (unpaired) electrons. The zero-order chi connectivity index (χ0) is 14.3. The lowest BCUT2D eigenvalue weighted by molar-refractivity contribution is -0.146. The summed E-state index contributed by atoms with van der Waals surface area (Å²) in [5.74, 6) is 0.453. The lowest BCUT2D eigenvalue weighted by Crippen LogP contribution is -2.45. The first kappa shape index (κ1) is 15.5. The number of nitrogens with two attached hydrogens (primary N) is 1. The van der Waals surface area contributed by atoms with Crippen molar-refractivity contribution in [2.75, 3.05) is 13.7 Å². The SMILES string of the molecule is CCc1ccc(OCCCC(C)(N)C(=O)OC)cc1. The zero-order valence-corrected chi connectivity index (χ0v) is 11.9. The van der Waals surface area contributed by atoms with Crippen LogP contribution < -0.4 is 10.5 Å². The first-order valence-electron chi connectivity index (χ1n) is 6.58. The molecule has 0 spiro atoms. The van der Waals surface area contributed by atoms with Crippen LogP contribution in [0.3, 0.4) is 0 Å². The van der Waals surface area contributed by atoms with E-state index in [9.17, 15) is 4.79 Å². The van der Waals surface area contributed by atoms with E-state index in [1.165, 1.54) is 12.7 Å². The summed E-state index contributed by atoms with van der Waals surface area (Å²) in [5, 5.41) is 0. The fourth-order valence-electron chi connectivity index (χ4n) is 1.79. The van der Waals surface area contributed by atoms with E-state index in [0.717, 1.165) is 12.2 Å². The van der Waals surface area contributed by atoms with Crippen LogP contribution in [-0.4, -0.2) is 25.2 Å². The lowest BCUT2D eigenvalue weighted by Gasteiger charge is -2.21. The molecule has 0 bridgehead atoms. The highest BCUT2D eigenvalue weighted by atomic mass is 16.5. The number of aryl methyl sites for hydroxylation is 1. The van der Waals surface area contributed by atoms with Gasteiger partial charge in [0.2, 0.25) is 0 Å². The third kappa shape index (κ3) is 4.91. The Morgan fingerprint density at radius 1 is 1.32 bits per heavy atom. The van der Waals surface area contributed by atoms with Gasteiger partial charge in [0.05, 0.1) is 13.7 Å². The standard InChI is InChI=1S/C15H23NO3/c1-4-12-6-8-13(9-7-12)19-11-5-10-15(2,16)14(17)18-3/h6-9H,4-5,10-11,16H2,1-3H3. The maximum atomic E-state index is 11.4. The normalized spacial score (nSPS) is 13.7. The molecule has 0 amide bonds. The van der Waals surface area contributed by atoms with Crippen LogP contribution in [0.25, 0.3) is 0 Å². The molecule has 0 saturated carbocycles. The van der Waals surface area contributed by atoms with Gasteiger partial charge in [-0.25, -0.2) is 0 Å². The van der Waals surface area contributed by atoms with Gasteiger partial charge in [-0.3, -0.25) is 4.79 Å². The van der Waals surface area contributed by atoms with Gasteiger partial charge in [0.25, 0.3) is 0 Å². The van der Waals surface area contributed by atoms with Crippen LogP contribution in [0.4, 0.5) is 0 Å². The van der Waals surface area contributed by atoms with E-state index >= 15 is 0 Å². The highest BCUT2D eigenvalue weighted by molar-refractivity contribution is 5.79. The Bertz CT molecular complexity index is 398. The van der Waals surface area contributed by atoms with E-state index in [1.54, 1.807) is 6.92 Å². The molecule has 0 aromatic heterocycles. The molecule has 4 heteroatoms. The van der Waals surface area contributed by atoms with Gasteiger partial charge < -0.3 is 15.2 Å². The highest BCUT2D eigenvalue weighted by Gasteiger charge is 2.28. The van der Waals surface area contributed by atoms with Gasteiger partial charge in [-0.15, -0.1) is 0 Å². The molecule has 19 heavy (non-hydrogen) atoms. The monoisotopic (exact) mass is 265 g/mol. The first-order valence-corrected chi connectivity index (χ1v) is 6.58. The maximum Gasteiger partial charge on any atom is 0.325 e. The second kappa shape index (κ2) is 7.14. The minimum atomic E-state index is -0.940. The molecule has 0 saturated heterocycles. The van der Waals surface area contributed by atoms with Crippen molar-refractivity contribution >= 4 is 5.97 Å². The van der Waals surface area contributed by atoms with Crippen LogP contribution >= 0.6 is 0 Å². The first-order chi connectivity index (χ1) is 8.99. The Kier molecular flexibility index (Phi) is 5.83. The molecule has 0 aliphatic carbocycles. The quantitative estimate of drug-likeness (QED) is 0.607. The second-order valence-electron chi connectivity index (χ2n) is 4.86. The molecule has 4 nitrogen and oxygen atoms in total. The number of hydrogen-bond acceptors (Lipinski definition) is 4. The summed E-state index contributed by atoms with van der Waals surface area (Å²) in [6, 6.07) is 8.02. The molecule has 0 aliphatic heterocycles. The van der Waals surface area contributed by atoms with Crippen LogP contribution in [0.15, 0.2) is 24.3 Å². The molecule has 1 atom stereocenters. The number of carbonyl (C=O) groups is 1. The fraction of sp³-hybridized carbons (Fsp3) is 0.533. The summed E-state index contributed by atoms with van der Waals surface area (Å²) in [7, 11) is 1.35. The van der Waals surface area contributed by atoms with E-state index in [-0.39, 0.29) is 5.97 Å². The number of benzene rings is 1. The maximum absolute atomic E-state index is 11.4. The molecule has 0 heterocycles. The molecule has 2 N–H and O–H groups in total. The van der Waals surface area contributed by atoms with Crippen molar-refractivity contribution in [3.05, 3.63) is 29.8 Å². The van der Waals surface area contributed by atoms with Gasteiger partial charge >= 0.3 is 5.97 Å². The lowest BCUT2D eigenvalue weighted by atomic mass is 9.98. The van der Waals surface area contributed by atoms with Gasteiger partial charge in [0, 0.05) is 0 Å². The number of hydrogen-bond donors (Lipinski definition) is 1. The molecule has 106 valence electrons. The molecule has 0 fully saturated rings. The molecule has 1 rings (SSSR count). The van der Waals surface area contributed by atoms with Crippen molar-refractivity contribution in [2.24, 2.45) is 5.73 Å². The average Bonchev–Trinajstić information content (AvgIpc) is 2.43. The fourth-order valence-corrected chi connectivity index (χ4v) is 1.79. The number of carbonyl (C=O) groups excluding carboxylic acids is 1. The van der Waals surface area contributed by atoms with E-state index < -0.39 is 5.54 Å². The van der Waals surface area contributed by atoms with Gasteiger partial charge in [0.1, 0.15) is 11.3 Å². The third-order valence-electron chi connectivity index (χ3n) is 3.09. The van der Waals surface area contributed by atoms with Crippen molar-refractivity contribution in [2.45, 2.75) is 38.6 Å². The van der Waals surface area contributed by atoms with E-state index in [0.29, 0.717) is 19.4 Å². The predicted octanol–water partition coefficient (Wildman–Crippen LogP) is 2.30. The summed E-state index contributed by atoms with van der Waals surface area (Å²) in [6.07, 6.45) is 2.26. The van der Waals surface area contributed by atoms with E-state index in [2.05, 4.69) is 23.8 Å². The minimum Gasteiger partial charge on any atom is -0.494 e. The van der Waals surface area contributed by atoms with Gasteiger partial charge in [-0.05, 0) is 43.9 Å². The molecule has 1 unspecified atom stereocenters. The molecular formula is C15H23NO3. The highest BCUT2D eigenvalue weighted by Crippen LogP contribution is 2.15. The smallest absolute Gasteiger partial charge is 0.325 e. The summed E-state index contributed by atoms with van der Waals surface area (Å²) < 4.78 is 10.3. The number of esters is 1. The summed E-state index contributed by atoms with van der Waals surface area (Å²) in [5.41, 5.74) is 6.20. The van der Waals surface area contributed by atoms with Gasteiger partial charge in [0.15, 0.2) is 0 Å². The predicted molar refractivity (Wildman–Crippen MR) is 75.2 cm³/mol. The number of methoxy groups -OCH3 is 1. The summed E-state index contributed by atoms with van der Waals surface area (Å²) >= 11 is 0. The van der Waals surface area contributed by atoms with Crippen LogP contribution in [0.2, 0.25) is 0 Å². The second-order valence-corrected chi connectivity index (χ2v) is 4.86. The van der Waals surface area contributed by atoms with E-state index in [1.807, 2.05) is 12.1 Å². The Hall–Kier alpha value is -1.55. The topological polar surface area (TPSA) is 61.5 Å². The molecular weight excluding hydrogens is 242 g/mol. The van der Waals surface area contributed by atoms with Crippen molar-refractivity contribution in [3.8, 4) is 5.75 Å². The summed E-state index contributed by atoms with van der Waals surface area (Å²) in [4.78, 5) is 11.4. The number of ether oxygens (including phenoxy) is 2. The van der Waals surface area contributed by atoms with E-state index in [4.69, 9.17) is 10.5 Å². The van der Waals surface area contributed by atoms with Gasteiger partial charge in [-0.2, -0.15) is 0 Å². The average molecular weight is 265 g/mol. The number of rotatable bonds is 7.